The van der Waals surface area contributed by atoms with Crippen LogP contribution in [0.25, 0.3) is 11.0 Å². The second kappa shape index (κ2) is 4.03. The molecule has 0 aliphatic carbocycles. The molecule has 0 saturated heterocycles. The van der Waals surface area contributed by atoms with Gasteiger partial charge in [-0.25, -0.2) is 4.79 Å². The lowest BCUT2D eigenvalue weighted by Gasteiger charge is -2.01. The van der Waals surface area contributed by atoms with E-state index >= 15 is 0 Å². The van der Waals surface area contributed by atoms with Gasteiger partial charge < -0.3 is 9.52 Å². The van der Waals surface area contributed by atoms with E-state index in [2.05, 4.69) is 31.9 Å². The number of hydrogen-bond donors (Lipinski definition) is 1. The van der Waals surface area contributed by atoms with Gasteiger partial charge in [-0.3, -0.25) is 4.79 Å². The van der Waals surface area contributed by atoms with Gasteiger partial charge in [-0.15, -0.1) is 0 Å². The first-order valence-corrected chi connectivity index (χ1v) is 5.73. The zero-order valence-corrected chi connectivity index (χ0v) is 10.8. The third-order valence-corrected chi connectivity index (χ3v) is 3.07. The van der Waals surface area contributed by atoms with Gasteiger partial charge in [0.1, 0.15) is 11.8 Å². The van der Waals surface area contributed by atoms with Crippen LogP contribution in [-0.2, 0) is 0 Å². The van der Waals surface area contributed by atoms with Crippen molar-refractivity contribution < 1.29 is 14.3 Å². The Hall–Kier alpha value is -1.14. The molecule has 0 radical (unpaired) electrons. The molecule has 4 nitrogen and oxygen atoms in total. The van der Waals surface area contributed by atoms with Crippen LogP contribution in [0.5, 0.6) is 0 Å². The van der Waals surface area contributed by atoms with Crippen molar-refractivity contribution in [2.75, 3.05) is 0 Å². The van der Waals surface area contributed by atoms with Crippen molar-refractivity contribution in [3.8, 4) is 0 Å². The monoisotopic (exact) mass is 346 g/mol. The molecule has 1 aromatic carbocycles. The molecular weight excluding hydrogens is 344 g/mol. The highest BCUT2D eigenvalue weighted by Gasteiger charge is 2.14. The van der Waals surface area contributed by atoms with E-state index < -0.39 is 11.4 Å². The van der Waals surface area contributed by atoms with Gasteiger partial charge in [-0.2, -0.15) is 0 Å². The van der Waals surface area contributed by atoms with Gasteiger partial charge in [0.2, 0.25) is 5.43 Å². The van der Waals surface area contributed by atoms with Gasteiger partial charge in [-0.1, -0.05) is 15.9 Å². The molecule has 1 aromatic heterocycles. The number of aromatic carboxylic acids is 1. The predicted octanol–water partition coefficient (Wildman–Crippen LogP) is 3.02. The first-order valence-electron chi connectivity index (χ1n) is 4.14. The van der Waals surface area contributed by atoms with E-state index in [1.807, 2.05) is 0 Å². The van der Waals surface area contributed by atoms with Crippen molar-refractivity contribution in [3.05, 3.63) is 43.1 Å². The van der Waals surface area contributed by atoms with Crippen molar-refractivity contribution in [2.45, 2.75) is 0 Å². The number of carboxylic acids is 1. The zero-order valence-electron chi connectivity index (χ0n) is 7.66. The van der Waals surface area contributed by atoms with Crippen LogP contribution in [0.1, 0.15) is 10.4 Å². The topological polar surface area (TPSA) is 67.5 Å². The highest BCUT2D eigenvalue weighted by atomic mass is 79.9. The van der Waals surface area contributed by atoms with E-state index in [1.54, 1.807) is 6.07 Å². The minimum absolute atomic E-state index is 0.223. The summed E-state index contributed by atoms with van der Waals surface area (Å²) >= 11 is 6.45. The molecule has 0 aliphatic rings. The first kappa shape index (κ1) is 11.3. The maximum atomic E-state index is 11.8. The molecule has 0 aliphatic heterocycles. The summed E-state index contributed by atoms with van der Waals surface area (Å²) in [5.74, 6) is -1.30. The average molecular weight is 348 g/mol. The summed E-state index contributed by atoms with van der Waals surface area (Å²) in [7, 11) is 0. The Morgan fingerprint density at radius 3 is 2.62 bits per heavy atom. The Morgan fingerprint density at radius 1 is 1.31 bits per heavy atom. The Morgan fingerprint density at radius 2 is 2.00 bits per heavy atom. The Bertz CT molecular complexity index is 645. The fourth-order valence-electron chi connectivity index (χ4n) is 1.31. The van der Waals surface area contributed by atoms with Crippen molar-refractivity contribution in [3.63, 3.8) is 0 Å². The Balaban J connectivity index is 2.95. The van der Waals surface area contributed by atoms with Crippen molar-refractivity contribution >= 4 is 48.8 Å². The third-order valence-electron chi connectivity index (χ3n) is 2.02. The van der Waals surface area contributed by atoms with Gasteiger partial charge in [0.25, 0.3) is 0 Å². The lowest BCUT2D eigenvalue weighted by Crippen LogP contribution is -2.14. The molecule has 82 valence electrons. The highest BCUT2D eigenvalue weighted by molar-refractivity contribution is 9.11. The summed E-state index contributed by atoms with van der Waals surface area (Å²) in [5.41, 5.74) is -0.605. The summed E-state index contributed by atoms with van der Waals surface area (Å²) in [6.45, 7) is 0. The van der Waals surface area contributed by atoms with E-state index in [4.69, 9.17) is 9.52 Å². The van der Waals surface area contributed by atoms with Gasteiger partial charge in [-0.05, 0) is 28.1 Å². The standard InChI is InChI=1S/C10H4Br2O4/c11-4-1-5-8(13)6(10(14)15)3-16-9(5)7(12)2-4/h1-3H,(H,14,15). The molecule has 0 fully saturated rings. The maximum Gasteiger partial charge on any atom is 0.342 e. The number of fused-ring (bicyclic) bond motifs is 1. The van der Waals surface area contributed by atoms with E-state index in [-0.39, 0.29) is 10.9 Å². The minimum Gasteiger partial charge on any atom is -0.477 e. The minimum atomic E-state index is -1.30. The second-order valence-corrected chi connectivity index (χ2v) is 4.82. The van der Waals surface area contributed by atoms with Crippen LogP contribution in [0.2, 0.25) is 0 Å². The Labute approximate surface area is 106 Å². The smallest absolute Gasteiger partial charge is 0.342 e. The van der Waals surface area contributed by atoms with Gasteiger partial charge in [0.05, 0.1) is 9.86 Å². The van der Waals surface area contributed by atoms with E-state index in [9.17, 15) is 9.59 Å². The molecular formula is C10H4Br2O4. The number of carboxylic acid groups (broad SMARTS) is 1. The second-order valence-electron chi connectivity index (χ2n) is 3.05. The van der Waals surface area contributed by atoms with Crippen LogP contribution in [0.4, 0.5) is 0 Å². The SMILES string of the molecule is O=C(O)c1coc2c(Br)cc(Br)cc2c1=O. The van der Waals surface area contributed by atoms with E-state index in [0.29, 0.717) is 14.5 Å². The molecule has 1 heterocycles. The number of rotatable bonds is 1. The van der Waals surface area contributed by atoms with Crippen LogP contribution < -0.4 is 5.43 Å². The largest absolute Gasteiger partial charge is 0.477 e. The summed E-state index contributed by atoms with van der Waals surface area (Å²) in [5, 5.41) is 9.00. The number of carbonyl (C=O) groups is 1. The van der Waals surface area contributed by atoms with Crippen molar-refractivity contribution in [1.29, 1.82) is 0 Å². The summed E-state index contributed by atoms with van der Waals surface area (Å²) in [4.78, 5) is 22.5. The summed E-state index contributed by atoms with van der Waals surface area (Å²) in [6.07, 6.45) is 0.950. The molecule has 0 spiro atoms. The molecule has 1 N–H and O–H groups in total. The molecule has 6 heteroatoms. The van der Waals surface area contributed by atoms with Crippen molar-refractivity contribution in [1.82, 2.24) is 0 Å². The lowest BCUT2D eigenvalue weighted by atomic mass is 10.2. The highest BCUT2D eigenvalue weighted by Crippen LogP contribution is 2.26. The molecule has 16 heavy (non-hydrogen) atoms. The van der Waals surface area contributed by atoms with E-state index in [1.165, 1.54) is 6.07 Å². The van der Waals surface area contributed by atoms with E-state index in [0.717, 1.165) is 6.26 Å². The van der Waals surface area contributed by atoms with Crippen LogP contribution in [0.15, 0.2) is 36.6 Å². The predicted molar refractivity (Wildman–Crippen MR) is 64.8 cm³/mol. The molecule has 0 atom stereocenters. The Kier molecular flexibility index (Phi) is 2.86. The molecule has 0 amide bonds. The average Bonchev–Trinajstić information content (AvgIpc) is 2.19. The van der Waals surface area contributed by atoms with Crippen LogP contribution in [-0.4, -0.2) is 11.1 Å². The van der Waals surface area contributed by atoms with Crippen LogP contribution in [0, 0.1) is 0 Å². The van der Waals surface area contributed by atoms with Gasteiger partial charge >= 0.3 is 5.97 Å². The summed E-state index contributed by atoms with van der Waals surface area (Å²) < 4.78 is 6.38. The molecule has 2 rings (SSSR count). The fourth-order valence-corrected chi connectivity index (χ4v) is 2.63. The van der Waals surface area contributed by atoms with Gasteiger partial charge in [0.15, 0.2) is 5.58 Å². The van der Waals surface area contributed by atoms with Crippen molar-refractivity contribution in [2.24, 2.45) is 0 Å². The molecule has 2 aromatic rings. The lowest BCUT2D eigenvalue weighted by molar-refractivity contribution is 0.0693. The molecule has 0 unspecified atom stereocenters. The maximum absolute atomic E-state index is 11.8. The van der Waals surface area contributed by atoms with Crippen LogP contribution >= 0.6 is 31.9 Å². The third kappa shape index (κ3) is 1.78. The van der Waals surface area contributed by atoms with Gasteiger partial charge in [0, 0.05) is 4.47 Å². The normalized spacial score (nSPS) is 10.6. The number of hydrogen-bond acceptors (Lipinski definition) is 3. The zero-order chi connectivity index (χ0) is 11.9. The molecule has 0 saturated carbocycles. The number of benzene rings is 1. The fraction of sp³-hybridized carbons (Fsp3) is 0. The number of halogens is 2. The van der Waals surface area contributed by atoms with Crippen LogP contribution in [0.3, 0.4) is 0 Å². The summed E-state index contributed by atoms with van der Waals surface area (Å²) in [6, 6.07) is 3.24. The molecule has 0 bridgehead atoms. The quantitative estimate of drug-likeness (QED) is 0.861. The first-order chi connectivity index (χ1) is 7.50.